The van der Waals surface area contributed by atoms with Crippen molar-refractivity contribution in [3.63, 3.8) is 0 Å². The molecule has 0 amide bonds. The van der Waals surface area contributed by atoms with E-state index in [1.807, 2.05) is 0 Å². The number of ether oxygens (including phenoxy) is 1. The summed E-state index contributed by atoms with van der Waals surface area (Å²) >= 11 is 0. The minimum Gasteiger partial charge on any atom is -0.486 e. The first-order chi connectivity index (χ1) is 7.25. The third-order valence-corrected chi connectivity index (χ3v) is 4.27. The van der Waals surface area contributed by atoms with Crippen molar-refractivity contribution in [2.45, 2.75) is 53.1 Å². The lowest BCUT2D eigenvalue weighted by atomic mass is 9.70. The van der Waals surface area contributed by atoms with Crippen LogP contribution in [0, 0.1) is 12.3 Å². The first-order valence-corrected chi connectivity index (χ1v) is 6.05. The van der Waals surface area contributed by atoms with Crippen LogP contribution in [0.3, 0.4) is 0 Å². The van der Waals surface area contributed by atoms with E-state index in [1.165, 1.54) is 11.1 Å². The molecule has 1 nitrogen and oxygen atoms in total. The van der Waals surface area contributed by atoms with Crippen LogP contribution in [0.25, 0.3) is 0 Å². The van der Waals surface area contributed by atoms with Gasteiger partial charge in [0.2, 0.25) is 0 Å². The van der Waals surface area contributed by atoms with Gasteiger partial charge in [0.15, 0.2) is 0 Å². The second-order valence-electron chi connectivity index (χ2n) is 6.22. The van der Waals surface area contributed by atoms with Gasteiger partial charge in [-0.15, -0.1) is 0 Å². The standard InChI is InChI=1S/C15H22O/c1-10-7-8-12-11(2)15(6,14(3,4)5)16-13(12)9-10/h7-9,11H,1-6H3. The molecule has 1 heteroatoms. The molecule has 0 radical (unpaired) electrons. The predicted octanol–water partition coefficient (Wildman–Crippen LogP) is 4.30. The summed E-state index contributed by atoms with van der Waals surface area (Å²) in [4.78, 5) is 0. The topological polar surface area (TPSA) is 9.23 Å². The van der Waals surface area contributed by atoms with Gasteiger partial charge in [0.25, 0.3) is 0 Å². The second kappa shape index (κ2) is 3.26. The molecule has 1 heterocycles. The maximum atomic E-state index is 6.25. The normalized spacial score (nSPS) is 28.8. The zero-order valence-corrected chi connectivity index (χ0v) is 11.2. The number of hydrogen-bond acceptors (Lipinski definition) is 1. The predicted molar refractivity (Wildman–Crippen MR) is 68.1 cm³/mol. The Balaban J connectivity index is 2.48. The monoisotopic (exact) mass is 218 g/mol. The third-order valence-electron chi connectivity index (χ3n) is 4.27. The van der Waals surface area contributed by atoms with Crippen LogP contribution in [-0.2, 0) is 0 Å². The largest absolute Gasteiger partial charge is 0.486 e. The zero-order chi connectivity index (χ0) is 12.1. The number of benzene rings is 1. The lowest BCUT2D eigenvalue weighted by Gasteiger charge is -2.41. The Labute approximate surface area is 98.8 Å². The minimum absolute atomic E-state index is 0.108. The van der Waals surface area contributed by atoms with E-state index in [2.05, 4.69) is 59.7 Å². The molecule has 2 atom stereocenters. The van der Waals surface area contributed by atoms with Gasteiger partial charge in [-0.1, -0.05) is 39.8 Å². The van der Waals surface area contributed by atoms with Crippen LogP contribution in [0.5, 0.6) is 5.75 Å². The van der Waals surface area contributed by atoms with Gasteiger partial charge in [-0.25, -0.2) is 0 Å². The van der Waals surface area contributed by atoms with Crippen LogP contribution in [0.15, 0.2) is 18.2 Å². The molecule has 88 valence electrons. The summed E-state index contributed by atoms with van der Waals surface area (Å²) in [5.74, 6) is 1.52. The molecule has 16 heavy (non-hydrogen) atoms. The fourth-order valence-electron chi connectivity index (χ4n) is 2.50. The SMILES string of the molecule is Cc1ccc2c(c1)OC(C)(C(C)(C)C)C2C. The smallest absolute Gasteiger partial charge is 0.124 e. The van der Waals surface area contributed by atoms with E-state index in [0.29, 0.717) is 5.92 Å². The Morgan fingerprint density at radius 3 is 2.44 bits per heavy atom. The van der Waals surface area contributed by atoms with Crippen LogP contribution < -0.4 is 4.74 Å². The highest BCUT2D eigenvalue weighted by atomic mass is 16.5. The van der Waals surface area contributed by atoms with Crippen LogP contribution in [0.1, 0.15) is 51.7 Å². The summed E-state index contributed by atoms with van der Waals surface area (Å²) in [6, 6.07) is 6.54. The molecule has 0 aromatic heterocycles. The fourth-order valence-corrected chi connectivity index (χ4v) is 2.50. The summed E-state index contributed by atoms with van der Waals surface area (Å²) in [6.07, 6.45) is 0. The molecule has 0 spiro atoms. The highest BCUT2D eigenvalue weighted by Crippen LogP contribution is 2.52. The molecule has 1 aliphatic rings. The first-order valence-electron chi connectivity index (χ1n) is 6.05. The number of fused-ring (bicyclic) bond motifs is 1. The molecule has 1 aliphatic heterocycles. The molecule has 1 aromatic rings. The second-order valence-corrected chi connectivity index (χ2v) is 6.22. The van der Waals surface area contributed by atoms with Crippen LogP contribution in [0.2, 0.25) is 0 Å². The summed E-state index contributed by atoms with van der Waals surface area (Å²) in [5, 5.41) is 0. The van der Waals surface area contributed by atoms with Gasteiger partial charge < -0.3 is 4.74 Å². The van der Waals surface area contributed by atoms with Gasteiger partial charge >= 0.3 is 0 Å². The summed E-state index contributed by atoms with van der Waals surface area (Å²) in [6.45, 7) is 13.4. The highest BCUT2D eigenvalue weighted by Gasteiger charge is 2.50. The molecule has 2 rings (SSSR count). The van der Waals surface area contributed by atoms with Gasteiger partial charge in [0, 0.05) is 16.9 Å². The third kappa shape index (κ3) is 1.45. The van der Waals surface area contributed by atoms with E-state index < -0.39 is 0 Å². The van der Waals surface area contributed by atoms with E-state index in [4.69, 9.17) is 4.74 Å². The molecule has 0 saturated heterocycles. The maximum absolute atomic E-state index is 6.25. The average molecular weight is 218 g/mol. The van der Waals surface area contributed by atoms with E-state index in [1.54, 1.807) is 0 Å². The Bertz CT molecular complexity index is 414. The molecular formula is C15H22O. The molecular weight excluding hydrogens is 196 g/mol. The van der Waals surface area contributed by atoms with Gasteiger partial charge in [0.1, 0.15) is 11.4 Å². The molecule has 0 N–H and O–H groups in total. The van der Waals surface area contributed by atoms with Crippen molar-refractivity contribution in [2.24, 2.45) is 5.41 Å². The van der Waals surface area contributed by atoms with Gasteiger partial charge in [-0.05, 0) is 25.5 Å². The van der Waals surface area contributed by atoms with Crippen molar-refractivity contribution in [3.8, 4) is 5.75 Å². The van der Waals surface area contributed by atoms with Crippen molar-refractivity contribution >= 4 is 0 Å². The maximum Gasteiger partial charge on any atom is 0.124 e. The number of rotatable bonds is 0. The van der Waals surface area contributed by atoms with E-state index >= 15 is 0 Å². The quantitative estimate of drug-likeness (QED) is 0.631. The molecule has 0 aliphatic carbocycles. The van der Waals surface area contributed by atoms with Gasteiger partial charge in [0.05, 0.1) is 0 Å². The summed E-state index contributed by atoms with van der Waals surface area (Å²) in [7, 11) is 0. The lowest BCUT2D eigenvalue weighted by Crippen LogP contribution is -2.46. The van der Waals surface area contributed by atoms with Crippen molar-refractivity contribution in [1.82, 2.24) is 0 Å². The number of hydrogen-bond donors (Lipinski definition) is 0. The molecule has 1 aromatic carbocycles. The fraction of sp³-hybridized carbons (Fsp3) is 0.600. The zero-order valence-electron chi connectivity index (χ0n) is 11.2. The molecule has 2 unspecified atom stereocenters. The molecule has 0 fully saturated rings. The van der Waals surface area contributed by atoms with Crippen molar-refractivity contribution in [3.05, 3.63) is 29.3 Å². The van der Waals surface area contributed by atoms with Crippen LogP contribution in [0.4, 0.5) is 0 Å². The Hall–Kier alpha value is -0.980. The van der Waals surface area contributed by atoms with Gasteiger partial charge in [-0.2, -0.15) is 0 Å². The van der Waals surface area contributed by atoms with E-state index in [-0.39, 0.29) is 11.0 Å². The van der Waals surface area contributed by atoms with Gasteiger partial charge in [-0.3, -0.25) is 0 Å². The van der Waals surface area contributed by atoms with E-state index in [0.717, 1.165) is 5.75 Å². The summed E-state index contributed by atoms with van der Waals surface area (Å²) in [5.41, 5.74) is 2.65. The van der Waals surface area contributed by atoms with Crippen molar-refractivity contribution in [2.75, 3.05) is 0 Å². The Morgan fingerprint density at radius 2 is 1.88 bits per heavy atom. The highest BCUT2D eigenvalue weighted by molar-refractivity contribution is 5.45. The molecule has 0 saturated carbocycles. The Kier molecular flexibility index (Phi) is 2.34. The van der Waals surface area contributed by atoms with Crippen molar-refractivity contribution < 1.29 is 4.74 Å². The first kappa shape index (κ1) is 11.5. The van der Waals surface area contributed by atoms with Crippen molar-refractivity contribution in [1.29, 1.82) is 0 Å². The molecule has 0 bridgehead atoms. The van der Waals surface area contributed by atoms with Crippen LogP contribution >= 0.6 is 0 Å². The summed E-state index contributed by atoms with van der Waals surface area (Å²) < 4.78 is 6.25. The Morgan fingerprint density at radius 1 is 1.25 bits per heavy atom. The lowest BCUT2D eigenvalue weighted by molar-refractivity contribution is -0.0142. The van der Waals surface area contributed by atoms with Crippen LogP contribution in [-0.4, -0.2) is 5.60 Å². The minimum atomic E-state index is -0.108. The van der Waals surface area contributed by atoms with E-state index in [9.17, 15) is 0 Å². The number of aryl methyl sites for hydroxylation is 1. The average Bonchev–Trinajstić information content (AvgIpc) is 2.39.